The molecule has 3 N–H and O–H groups in total. The Kier molecular flexibility index (Phi) is 4.64. The molecule has 2 aromatic heterocycles. The number of aliphatic hydroxyl groups is 1. The van der Waals surface area contributed by atoms with Crippen molar-refractivity contribution < 1.29 is 19.0 Å². The number of aromatic nitrogens is 2. The van der Waals surface area contributed by atoms with Crippen molar-refractivity contribution in [2.45, 2.75) is 12.3 Å². The maximum atomic E-state index is 13.6. The minimum absolute atomic E-state index is 0.114. The van der Waals surface area contributed by atoms with Crippen LogP contribution in [0.3, 0.4) is 0 Å². The van der Waals surface area contributed by atoms with Crippen LogP contribution in [0.15, 0.2) is 24.4 Å². The molecule has 0 radical (unpaired) electrons. The van der Waals surface area contributed by atoms with E-state index in [1.54, 1.807) is 12.3 Å². The number of hydrogen-bond donors (Lipinski definition) is 2. The van der Waals surface area contributed by atoms with Crippen LogP contribution >= 0.6 is 0 Å². The van der Waals surface area contributed by atoms with Gasteiger partial charge in [0.15, 0.2) is 0 Å². The average molecular weight is 333 g/mol. The van der Waals surface area contributed by atoms with Crippen molar-refractivity contribution >= 4 is 5.69 Å². The van der Waals surface area contributed by atoms with E-state index < -0.39 is 12.1 Å². The summed E-state index contributed by atoms with van der Waals surface area (Å²) in [4.78, 5) is 8.68. The van der Waals surface area contributed by atoms with Gasteiger partial charge in [0.05, 0.1) is 42.8 Å². The normalized spacial score (nSPS) is 15.8. The Morgan fingerprint density at radius 1 is 1.38 bits per heavy atom. The fraction of sp³-hybridized carbons (Fsp3) is 0.412. The number of anilines is 1. The second kappa shape index (κ2) is 6.70. The summed E-state index contributed by atoms with van der Waals surface area (Å²) in [5.74, 6) is 0.332. The van der Waals surface area contributed by atoms with Gasteiger partial charge < -0.3 is 20.3 Å². The van der Waals surface area contributed by atoms with Crippen molar-refractivity contribution in [3.05, 3.63) is 35.8 Å². The van der Waals surface area contributed by atoms with Gasteiger partial charge in [0.25, 0.3) is 0 Å². The number of aryl methyl sites for hydroxylation is 1. The molecule has 0 spiro atoms. The predicted molar refractivity (Wildman–Crippen MR) is 87.7 cm³/mol. The van der Waals surface area contributed by atoms with Gasteiger partial charge in [-0.25, -0.2) is 9.37 Å². The van der Waals surface area contributed by atoms with Crippen LogP contribution in [-0.2, 0) is 10.2 Å². The van der Waals surface area contributed by atoms with Gasteiger partial charge in [-0.05, 0) is 24.6 Å². The zero-order valence-electron chi connectivity index (χ0n) is 13.5. The van der Waals surface area contributed by atoms with Crippen LogP contribution in [0.2, 0.25) is 0 Å². The van der Waals surface area contributed by atoms with Crippen molar-refractivity contribution in [3.8, 4) is 17.0 Å². The smallest absolute Gasteiger partial charge is 0.214 e. The van der Waals surface area contributed by atoms with E-state index in [0.717, 1.165) is 16.8 Å². The number of nitrogen functional groups attached to an aromatic ring is 1. The molecule has 1 aliphatic rings. The molecular weight excluding hydrogens is 313 g/mol. The fourth-order valence-electron chi connectivity index (χ4n) is 2.64. The molecule has 0 unspecified atom stereocenters. The maximum Gasteiger partial charge on any atom is 0.214 e. The minimum atomic E-state index is -0.741. The highest BCUT2D eigenvalue weighted by molar-refractivity contribution is 5.70. The summed E-state index contributed by atoms with van der Waals surface area (Å²) in [5.41, 5.74) is 8.65. The molecule has 2 aromatic rings. The largest absolute Gasteiger partial charge is 0.475 e. The number of nitrogens with two attached hydrogens (primary N) is 1. The minimum Gasteiger partial charge on any atom is -0.475 e. The van der Waals surface area contributed by atoms with Gasteiger partial charge in [0.2, 0.25) is 5.88 Å². The number of halogens is 1. The highest BCUT2D eigenvalue weighted by Crippen LogP contribution is 2.36. The van der Waals surface area contributed by atoms with Gasteiger partial charge in [-0.2, -0.15) is 0 Å². The summed E-state index contributed by atoms with van der Waals surface area (Å²) in [5, 5.41) is 8.97. The first-order valence-electron chi connectivity index (χ1n) is 7.70. The Morgan fingerprint density at radius 2 is 2.17 bits per heavy atom. The van der Waals surface area contributed by atoms with Gasteiger partial charge in [0.1, 0.15) is 13.3 Å². The summed E-state index contributed by atoms with van der Waals surface area (Å²) < 4.78 is 24.3. The first-order chi connectivity index (χ1) is 11.6. The molecule has 3 rings (SSSR count). The SMILES string of the molecule is Cc1ncc(N)cc1-c1cc(OCCO)nc(C2(CF)COC2)c1. The molecule has 1 aliphatic heterocycles. The van der Waals surface area contributed by atoms with Crippen molar-refractivity contribution in [1.82, 2.24) is 9.97 Å². The molecule has 24 heavy (non-hydrogen) atoms. The third-order valence-corrected chi connectivity index (χ3v) is 4.12. The Morgan fingerprint density at radius 3 is 2.79 bits per heavy atom. The average Bonchev–Trinajstić information content (AvgIpc) is 2.54. The quantitative estimate of drug-likeness (QED) is 0.835. The molecule has 0 aliphatic carbocycles. The number of rotatable bonds is 6. The predicted octanol–water partition coefficient (Wildman–Crippen LogP) is 1.64. The van der Waals surface area contributed by atoms with Gasteiger partial charge >= 0.3 is 0 Å². The maximum absolute atomic E-state index is 13.6. The molecule has 0 atom stereocenters. The summed E-state index contributed by atoms with van der Waals surface area (Å²) >= 11 is 0. The molecule has 0 aromatic carbocycles. The van der Waals surface area contributed by atoms with Crippen molar-refractivity contribution in [2.75, 3.05) is 38.8 Å². The van der Waals surface area contributed by atoms with Gasteiger partial charge in [-0.3, -0.25) is 4.98 Å². The standard InChI is InChI=1S/C17H20FN3O3/c1-11-14(6-13(19)7-20-11)12-4-15(17(8-18)9-23-10-17)21-16(5-12)24-3-2-22/h4-7,22H,2-3,8-10,19H2,1H3. The summed E-state index contributed by atoms with van der Waals surface area (Å²) in [7, 11) is 0. The molecule has 0 amide bonds. The van der Waals surface area contributed by atoms with E-state index >= 15 is 0 Å². The molecule has 0 bridgehead atoms. The zero-order valence-corrected chi connectivity index (χ0v) is 13.5. The lowest BCUT2D eigenvalue weighted by atomic mass is 9.82. The van der Waals surface area contributed by atoms with E-state index in [0.29, 0.717) is 17.3 Å². The van der Waals surface area contributed by atoms with Crippen LogP contribution in [0.4, 0.5) is 10.1 Å². The summed E-state index contributed by atoms with van der Waals surface area (Å²) in [6.45, 7) is 1.87. The number of pyridine rings is 2. The van der Waals surface area contributed by atoms with E-state index in [1.807, 2.05) is 19.1 Å². The Bertz CT molecular complexity index is 730. The Labute approximate surface area is 139 Å². The van der Waals surface area contributed by atoms with Crippen LogP contribution in [0.1, 0.15) is 11.4 Å². The molecule has 1 saturated heterocycles. The van der Waals surface area contributed by atoms with Gasteiger partial charge in [-0.15, -0.1) is 0 Å². The molecule has 0 saturated carbocycles. The Hall–Kier alpha value is -2.25. The summed E-state index contributed by atoms with van der Waals surface area (Å²) in [6.07, 6.45) is 1.59. The molecule has 1 fully saturated rings. The number of nitrogens with zero attached hydrogens (tertiary/aromatic N) is 2. The van der Waals surface area contributed by atoms with E-state index in [-0.39, 0.29) is 26.4 Å². The lowest BCUT2D eigenvalue weighted by Crippen LogP contribution is -2.49. The van der Waals surface area contributed by atoms with Crippen LogP contribution in [0.25, 0.3) is 11.1 Å². The van der Waals surface area contributed by atoms with Crippen LogP contribution in [0.5, 0.6) is 5.88 Å². The third kappa shape index (κ3) is 3.05. The highest BCUT2D eigenvalue weighted by atomic mass is 19.1. The highest BCUT2D eigenvalue weighted by Gasteiger charge is 2.42. The monoisotopic (exact) mass is 333 g/mol. The number of hydrogen-bond acceptors (Lipinski definition) is 6. The van der Waals surface area contributed by atoms with Crippen LogP contribution in [-0.4, -0.2) is 48.2 Å². The van der Waals surface area contributed by atoms with E-state index in [9.17, 15) is 4.39 Å². The third-order valence-electron chi connectivity index (χ3n) is 4.12. The summed E-state index contributed by atoms with van der Waals surface area (Å²) in [6, 6.07) is 5.39. The first kappa shape index (κ1) is 16.6. The van der Waals surface area contributed by atoms with E-state index in [1.165, 1.54) is 0 Å². The lowest BCUT2D eigenvalue weighted by molar-refractivity contribution is -0.0728. The molecule has 6 nitrogen and oxygen atoms in total. The molecule has 7 heteroatoms. The number of ether oxygens (including phenoxy) is 2. The lowest BCUT2D eigenvalue weighted by Gasteiger charge is -2.38. The van der Waals surface area contributed by atoms with Gasteiger partial charge in [0, 0.05) is 17.3 Å². The van der Waals surface area contributed by atoms with E-state index in [4.69, 9.17) is 20.3 Å². The van der Waals surface area contributed by atoms with Crippen molar-refractivity contribution in [3.63, 3.8) is 0 Å². The Balaban J connectivity index is 2.09. The van der Waals surface area contributed by atoms with Crippen LogP contribution < -0.4 is 10.5 Å². The second-order valence-electron chi connectivity index (χ2n) is 5.96. The van der Waals surface area contributed by atoms with Gasteiger partial charge in [-0.1, -0.05) is 0 Å². The topological polar surface area (TPSA) is 90.5 Å². The second-order valence-corrected chi connectivity index (χ2v) is 5.96. The van der Waals surface area contributed by atoms with Crippen LogP contribution in [0, 0.1) is 6.92 Å². The molecule has 128 valence electrons. The fourth-order valence-corrected chi connectivity index (χ4v) is 2.64. The zero-order chi connectivity index (χ0) is 17.2. The van der Waals surface area contributed by atoms with Crippen molar-refractivity contribution in [2.24, 2.45) is 0 Å². The number of aliphatic hydroxyl groups excluding tert-OH is 1. The molecule has 3 heterocycles. The van der Waals surface area contributed by atoms with E-state index in [2.05, 4.69) is 9.97 Å². The first-order valence-corrected chi connectivity index (χ1v) is 7.70. The number of alkyl halides is 1. The van der Waals surface area contributed by atoms with Crippen molar-refractivity contribution in [1.29, 1.82) is 0 Å². The molecular formula is C17H20FN3O3.